The molecule has 0 fully saturated rings. The van der Waals surface area contributed by atoms with Crippen LogP contribution in [0.1, 0.15) is 26.2 Å². The van der Waals surface area contributed by atoms with E-state index in [4.69, 9.17) is 4.74 Å². The van der Waals surface area contributed by atoms with Crippen molar-refractivity contribution < 1.29 is 4.74 Å². The van der Waals surface area contributed by atoms with E-state index in [-0.39, 0.29) is 0 Å². The first-order chi connectivity index (χ1) is 8.26. The molecule has 0 aliphatic rings. The number of ether oxygens (including phenoxy) is 1. The monoisotopic (exact) mass is 241 g/mol. The molecule has 0 atom stereocenters. The van der Waals surface area contributed by atoms with Crippen molar-refractivity contribution in [1.29, 1.82) is 0 Å². The maximum atomic E-state index is 5.28. The highest BCUT2D eigenvalue weighted by Crippen LogP contribution is 1.94. The van der Waals surface area contributed by atoms with Crippen LogP contribution in [0, 0.1) is 0 Å². The molecule has 0 heterocycles. The maximum absolute atomic E-state index is 5.28. The van der Waals surface area contributed by atoms with Gasteiger partial charge in [0.1, 0.15) is 0 Å². The topological polar surface area (TPSA) is 36.9 Å². The molecular formula is C13H27N3O. The highest BCUT2D eigenvalue weighted by molar-refractivity contribution is 5.79. The number of rotatable bonds is 9. The molecule has 0 radical (unpaired) electrons. The van der Waals surface area contributed by atoms with E-state index in [2.05, 4.69) is 28.8 Å². The zero-order chi connectivity index (χ0) is 12.9. The van der Waals surface area contributed by atoms with E-state index in [0.29, 0.717) is 0 Å². The van der Waals surface area contributed by atoms with Crippen LogP contribution in [0.25, 0.3) is 0 Å². The van der Waals surface area contributed by atoms with Crippen LogP contribution >= 0.6 is 0 Å². The molecule has 0 bridgehead atoms. The summed E-state index contributed by atoms with van der Waals surface area (Å²) in [5, 5.41) is 3.33. The number of aliphatic imine (C=N–C) groups is 1. The minimum absolute atomic E-state index is 0.788. The van der Waals surface area contributed by atoms with E-state index >= 15 is 0 Å². The van der Waals surface area contributed by atoms with Crippen LogP contribution in [0.15, 0.2) is 17.6 Å². The van der Waals surface area contributed by atoms with Crippen molar-refractivity contribution in [2.45, 2.75) is 26.2 Å². The summed E-state index contributed by atoms with van der Waals surface area (Å²) in [6.45, 7) is 9.23. The van der Waals surface area contributed by atoms with E-state index in [1.54, 1.807) is 0 Å². The summed E-state index contributed by atoms with van der Waals surface area (Å²) < 4.78 is 5.28. The second kappa shape index (κ2) is 11.5. The molecule has 0 rings (SSSR count). The Morgan fingerprint density at radius 1 is 1.47 bits per heavy atom. The first-order valence-corrected chi connectivity index (χ1v) is 6.36. The standard InChI is InChI=1S/C13H27N3O/c1-5-7-8-11-16(4)13(14-3)15-10-9-12-17-6-2/h5H,1,6-12H2,2-4H3,(H,14,15). The predicted molar refractivity (Wildman–Crippen MR) is 74.5 cm³/mol. The first-order valence-electron chi connectivity index (χ1n) is 6.36. The predicted octanol–water partition coefficient (Wildman–Crippen LogP) is 1.89. The molecule has 4 heteroatoms. The molecule has 0 aromatic rings. The zero-order valence-corrected chi connectivity index (χ0v) is 11.5. The maximum Gasteiger partial charge on any atom is 0.193 e. The van der Waals surface area contributed by atoms with Gasteiger partial charge in [-0.3, -0.25) is 4.99 Å². The van der Waals surface area contributed by atoms with Gasteiger partial charge in [-0.25, -0.2) is 0 Å². The summed E-state index contributed by atoms with van der Waals surface area (Å²) in [6.07, 6.45) is 5.12. The minimum atomic E-state index is 0.788. The second-order valence-corrected chi connectivity index (χ2v) is 3.88. The lowest BCUT2D eigenvalue weighted by atomic mass is 10.3. The van der Waals surface area contributed by atoms with Gasteiger partial charge in [0.2, 0.25) is 0 Å². The molecule has 0 saturated carbocycles. The van der Waals surface area contributed by atoms with Gasteiger partial charge in [-0.15, -0.1) is 6.58 Å². The van der Waals surface area contributed by atoms with Crippen molar-refractivity contribution in [3.63, 3.8) is 0 Å². The quantitative estimate of drug-likeness (QED) is 0.290. The molecule has 17 heavy (non-hydrogen) atoms. The van der Waals surface area contributed by atoms with Gasteiger partial charge in [0.15, 0.2) is 5.96 Å². The third kappa shape index (κ3) is 8.74. The lowest BCUT2D eigenvalue weighted by Crippen LogP contribution is -2.40. The summed E-state index contributed by atoms with van der Waals surface area (Å²) in [4.78, 5) is 6.39. The van der Waals surface area contributed by atoms with E-state index in [0.717, 1.165) is 51.5 Å². The number of nitrogens with one attached hydrogen (secondary N) is 1. The van der Waals surface area contributed by atoms with Crippen LogP contribution in [-0.2, 0) is 4.74 Å². The van der Waals surface area contributed by atoms with Crippen LogP contribution in [0.2, 0.25) is 0 Å². The third-order valence-electron chi connectivity index (χ3n) is 2.43. The largest absolute Gasteiger partial charge is 0.382 e. The number of allylic oxidation sites excluding steroid dienone is 1. The number of hydrogen-bond acceptors (Lipinski definition) is 2. The molecule has 0 aromatic heterocycles. The fourth-order valence-electron chi connectivity index (χ4n) is 1.48. The lowest BCUT2D eigenvalue weighted by Gasteiger charge is -2.21. The molecule has 0 aliphatic carbocycles. The van der Waals surface area contributed by atoms with Crippen molar-refractivity contribution in [1.82, 2.24) is 10.2 Å². The van der Waals surface area contributed by atoms with Crippen LogP contribution in [0.3, 0.4) is 0 Å². The van der Waals surface area contributed by atoms with Crippen molar-refractivity contribution in [2.24, 2.45) is 4.99 Å². The summed E-state index contributed by atoms with van der Waals surface area (Å²) in [7, 11) is 3.87. The SMILES string of the molecule is C=CCCCN(C)C(=NC)NCCCOCC. The summed E-state index contributed by atoms with van der Waals surface area (Å²) >= 11 is 0. The smallest absolute Gasteiger partial charge is 0.193 e. The van der Waals surface area contributed by atoms with Crippen LogP contribution < -0.4 is 5.32 Å². The van der Waals surface area contributed by atoms with Crippen LogP contribution in [0.4, 0.5) is 0 Å². The summed E-state index contributed by atoms with van der Waals surface area (Å²) in [5.41, 5.74) is 0. The number of unbranched alkanes of at least 4 members (excludes halogenated alkanes) is 1. The molecular weight excluding hydrogens is 214 g/mol. The molecule has 0 amide bonds. The van der Waals surface area contributed by atoms with Crippen molar-refractivity contribution in [2.75, 3.05) is 40.4 Å². The van der Waals surface area contributed by atoms with Crippen molar-refractivity contribution in [3.8, 4) is 0 Å². The third-order valence-corrected chi connectivity index (χ3v) is 2.43. The lowest BCUT2D eigenvalue weighted by molar-refractivity contribution is 0.145. The molecule has 0 saturated heterocycles. The van der Waals surface area contributed by atoms with Crippen molar-refractivity contribution in [3.05, 3.63) is 12.7 Å². The normalized spacial score (nSPS) is 11.4. The molecule has 0 unspecified atom stereocenters. The first kappa shape index (κ1) is 16.0. The molecule has 0 aliphatic heterocycles. The van der Waals surface area contributed by atoms with E-state index in [1.807, 2.05) is 20.0 Å². The van der Waals surface area contributed by atoms with Gasteiger partial charge in [-0.2, -0.15) is 0 Å². The average Bonchev–Trinajstić information content (AvgIpc) is 2.34. The Morgan fingerprint density at radius 2 is 2.24 bits per heavy atom. The van der Waals surface area contributed by atoms with Gasteiger partial charge in [0, 0.05) is 40.4 Å². The Balaban J connectivity index is 3.70. The van der Waals surface area contributed by atoms with Crippen molar-refractivity contribution >= 4 is 5.96 Å². The van der Waals surface area contributed by atoms with Gasteiger partial charge < -0.3 is 15.0 Å². The zero-order valence-electron chi connectivity index (χ0n) is 11.5. The van der Waals surface area contributed by atoms with E-state index in [9.17, 15) is 0 Å². The molecule has 0 aromatic carbocycles. The van der Waals surface area contributed by atoms with E-state index < -0.39 is 0 Å². The van der Waals surface area contributed by atoms with Crippen LogP contribution in [0.5, 0.6) is 0 Å². The van der Waals surface area contributed by atoms with Gasteiger partial charge >= 0.3 is 0 Å². The summed E-state index contributed by atoms with van der Waals surface area (Å²) in [6, 6.07) is 0. The molecule has 100 valence electrons. The number of nitrogens with zero attached hydrogens (tertiary/aromatic N) is 2. The van der Waals surface area contributed by atoms with E-state index in [1.165, 1.54) is 0 Å². The second-order valence-electron chi connectivity index (χ2n) is 3.88. The van der Waals surface area contributed by atoms with Gasteiger partial charge in [-0.1, -0.05) is 6.08 Å². The van der Waals surface area contributed by atoms with Gasteiger partial charge in [0.25, 0.3) is 0 Å². The fourth-order valence-corrected chi connectivity index (χ4v) is 1.48. The highest BCUT2D eigenvalue weighted by atomic mass is 16.5. The Morgan fingerprint density at radius 3 is 2.82 bits per heavy atom. The average molecular weight is 241 g/mol. The van der Waals surface area contributed by atoms with Gasteiger partial charge in [-0.05, 0) is 26.2 Å². The highest BCUT2D eigenvalue weighted by Gasteiger charge is 2.03. The molecule has 4 nitrogen and oxygen atoms in total. The Kier molecular flexibility index (Phi) is 10.8. The Hall–Kier alpha value is -1.03. The molecule has 1 N–H and O–H groups in total. The van der Waals surface area contributed by atoms with Gasteiger partial charge in [0.05, 0.1) is 0 Å². The number of hydrogen-bond donors (Lipinski definition) is 1. The minimum Gasteiger partial charge on any atom is -0.382 e. The fraction of sp³-hybridized carbons (Fsp3) is 0.769. The Bertz CT molecular complexity index is 217. The number of guanidine groups is 1. The Labute approximate surface area is 106 Å². The summed E-state index contributed by atoms with van der Waals surface area (Å²) in [5.74, 6) is 0.950. The molecule has 0 spiro atoms. The van der Waals surface area contributed by atoms with Crippen LogP contribution in [-0.4, -0.2) is 51.3 Å².